The summed E-state index contributed by atoms with van der Waals surface area (Å²) in [4.78, 5) is 23.7. The third-order valence-corrected chi connectivity index (χ3v) is 3.86. The van der Waals surface area contributed by atoms with Crippen molar-refractivity contribution in [3.8, 4) is 0 Å². The number of benzene rings is 1. The molecule has 0 aliphatic carbocycles. The molecule has 0 saturated heterocycles. The van der Waals surface area contributed by atoms with Gasteiger partial charge in [0, 0.05) is 0 Å². The summed E-state index contributed by atoms with van der Waals surface area (Å²) in [5.74, 6) is -0.816. The first-order chi connectivity index (χ1) is 13.5. The van der Waals surface area contributed by atoms with Crippen molar-refractivity contribution in [3.05, 3.63) is 29.3 Å². The van der Waals surface area contributed by atoms with Crippen LogP contribution in [0.1, 0.15) is 44.7 Å². The molecule has 0 unspecified atom stereocenters. The summed E-state index contributed by atoms with van der Waals surface area (Å²) in [5.41, 5.74) is -3.76. The largest absolute Gasteiger partial charge is 1.00 e. The number of methoxy groups -OCH3 is 1. The molecular formula is C18H23BF6KNO4. The van der Waals surface area contributed by atoms with E-state index in [1.807, 2.05) is 0 Å². The number of amides is 1. The average molecular weight is 481 g/mol. The number of rotatable bonds is 7. The molecule has 0 bridgehead atoms. The Morgan fingerprint density at radius 3 is 2.13 bits per heavy atom. The van der Waals surface area contributed by atoms with Crippen LogP contribution in [0.2, 0.25) is 0 Å². The van der Waals surface area contributed by atoms with Crippen LogP contribution < -0.4 is 62.2 Å². The van der Waals surface area contributed by atoms with Crippen LogP contribution >= 0.6 is 0 Å². The van der Waals surface area contributed by atoms with Crippen molar-refractivity contribution in [1.29, 1.82) is 0 Å². The van der Waals surface area contributed by atoms with Crippen molar-refractivity contribution in [2.24, 2.45) is 0 Å². The number of carbonyl (C=O) groups is 2. The minimum absolute atomic E-state index is 0. The average Bonchev–Trinajstić information content (AvgIpc) is 2.56. The smallest absolute Gasteiger partial charge is 0.467 e. The van der Waals surface area contributed by atoms with Gasteiger partial charge in [0.15, 0.2) is 0 Å². The monoisotopic (exact) mass is 481 g/mol. The van der Waals surface area contributed by atoms with Gasteiger partial charge in [-0.15, -0.1) is 5.46 Å². The second-order valence-electron chi connectivity index (χ2n) is 7.65. The molecule has 1 aromatic carbocycles. The van der Waals surface area contributed by atoms with E-state index in [4.69, 9.17) is 4.74 Å². The van der Waals surface area contributed by atoms with Gasteiger partial charge in [-0.05, 0) is 46.1 Å². The Labute approximate surface area is 219 Å². The van der Waals surface area contributed by atoms with E-state index < -0.39 is 47.9 Å². The van der Waals surface area contributed by atoms with Gasteiger partial charge in [-0.1, -0.05) is 17.7 Å². The third-order valence-electron chi connectivity index (χ3n) is 3.86. The minimum atomic E-state index is -5.62. The number of aryl methyl sites for hydroxylation is 1. The summed E-state index contributed by atoms with van der Waals surface area (Å²) in [5, 5.41) is 2.29. The molecule has 0 fully saturated rings. The molecule has 0 heterocycles. The predicted octanol–water partition coefficient (Wildman–Crippen LogP) is 1.15. The van der Waals surface area contributed by atoms with Gasteiger partial charge in [0.05, 0.1) is 12.7 Å². The Bertz CT molecular complexity index is 733. The fourth-order valence-corrected chi connectivity index (χ4v) is 2.57. The quantitative estimate of drug-likeness (QED) is 0.361. The zero-order valence-electron chi connectivity index (χ0n) is 17.9. The van der Waals surface area contributed by atoms with Crippen LogP contribution in [0.5, 0.6) is 0 Å². The van der Waals surface area contributed by atoms with E-state index in [2.05, 4.69) is 10.1 Å². The molecule has 1 aromatic rings. The fourth-order valence-electron chi connectivity index (χ4n) is 2.57. The summed E-state index contributed by atoms with van der Waals surface area (Å²) in [7, 11) is 1.08. The maximum atomic E-state index is 13.0. The summed E-state index contributed by atoms with van der Waals surface area (Å²) in [6.45, 7) is -0.808. The van der Waals surface area contributed by atoms with Crippen LogP contribution in [0.25, 0.3) is 0 Å². The van der Waals surface area contributed by atoms with Gasteiger partial charge in [-0.3, -0.25) is 0 Å². The fraction of sp³-hybridized carbons (Fsp3) is 0.556. The topological polar surface area (TPSA) is 64.6 Å². The summed E-state index contributed by atoms with van der Waals surface area (Å²) >= 11 is 0. The molecule has 0 aliphatic heterocycles. The van der Waals surface area contributed by atoms with E-state index in [0.717, 1.165) is 7.11 Å². The maximum Gasteiger partial charge on any atom is 1.00 e. The van der Waals surface area contributed by atoms with Crippen molar-refractivity contribution in [2.45, 2.75) is 57.9 Å². The van der Waals surface area contributed by atoms with Crippen LogP contribution in [0.3, 0.4) is 0 Å². The van der Waals surface area contributed by atoms with Gasteiger partial charge in [-0.25, -0.2) is 9.59 Å². The zero-order valence-corrected chi connectivity index (χ0v) is 21.0. The number of ether oxygens (including phenoxy) is 2. The van der Waals surface area contributed by atoms with E-state index in [0.29, 0.717) is 12.1 Å². The molecule has 0 radical (unpaired) electrons. The minimum Gasteiger partial charge on any atom is -0.467 e. The van der Waals surface area contributed by atoms with E-state index in [-0.39, 0.29) is 82.3 Å². The van der Waals surface area contributed by atoms with Gasteiger partial charge in [0.2, 0.25) is 0 Å². The molecule has 1 atom stereocenters. The normalized spacial score (nSPS) is 13.1. The zero-order chi connectivity index (χ0) is 23.3. The second kappa shape index (κ2) is 11.9. The SMILES string of the molecule is COC(=O)[C@H](CCCc1cc([B-](F)(F)F)cc(C(F)(F)F)c1)NC(=O)OC(C)(C)C.[K+]. The molecule has 0 aromatic heterocycles. The van der Waals surface area contributed by atoms with E-state index in [1.54, 1.807) is 20.8 Å². The molecule has 1 amide bonds. The number of alkyl halides is 3. The number of halogens is 6. The number of hydrogen-bond donors (Lipinski definition) is 1. The summed E-state index contributed by atoms with van der Waals surface area (Å²) in [6, 6.07) is 0.204. The molecule has 1 N–H and O–H groups in total. The molecule has 1 rings (SSSR count). The summed E-state index contributed by atoms with van der Waals surface area (Å²) < 4.78 is 87.4. The van der Waals surface area contributed by atoms with Crippen LogP contribution in [0, 0.1) is 0 Å². The van der Waals surface area contributed by atoms with Crippen molar-refractivity contribution in [3.63, 3.8) is 0 Å². The molecule has 5 nitrogen and oxygen atoms in total. The van der Waals surface area contributed by atoms with Gasteiger partial charge in [0.1, 0.15) is 11.6 Å². The van der Waals surface area contributed by atoms with Gasteiger partial charge < -0.3 is 27.7 Å². The molecule has 13 heteroatoms. The Morgan fingerprint density at radius 1 is 1.10 bits per heavy atom. The van der Waals surface area contributed by atoms with Crippen molar-refractivity contribution < 1.29 is 96.6 Å². The number of hydrogen-bond acceptors (Lipinski definition) is 4. The molecule has 170 valence electrons. The van der Waals surface area contributed by atoms with Crippen molar-refractivity contribution in [1.82, 2.24) is 5.32 Å². The van der Waals surface area contributed by atoms with E-state index in [1.165, 1.54) is 0 Å². The molecule has 0 spiro atoms. The second-order valence-corrected chi connectivity index (χ2v) is 7.65. The Kier molecular flexibility index (Phi) is 11.6. The van der Waals surface area contributed by atoms with Crippen LogP contribution in [-0.4, -0.2) is 37.8 Å². The summed E-state index contributed by atoms with van der Waals surface area (Å²) in [6.07, 6.45) is -6.07. The Morgan fingerprint density at radius 2 is 1.68 bits per heavy atom. The first-order valence-electron chi connectivity index (χ1n) is 9.01. The van der Waals surface area contributed by atoms with Crippen LogP contribution in [0.15, 0.2) is 18.2 Å². The van der Waals surface area contributed by atoms with Crippen LogP contribution in [-0.2, 0) is 26.9 Å². The first-order valence-corrected chi connectivity index (χ1v) is 9.01. The number of alkyl carbamates (subject to hydrolysis) is 1. The number of carbonyl (C=O) groups excluding carboxylic acids is 2. The number of nitrogens with one attached hydrogen (secondary N) is 1. The Hall–Kier alpha value is -0.759. The maximum absolute atomic E-state index is 13.0. The van der Waals surface area contributed by atoms with Crippen LogP contribution in [0.4, 0.5) is 30.9 Å². The van der Waals surface area contributed by atoms with Crippen molar-refractivity contribution >= 4 is 24.5 Å². The van der Waals surface area contributed by atoms with Crippen molar-refractivity contribution in [2.75, 3.05) is 7.11 Å². The standard InChI is InChI=1S/C18H23BF6NO4.K/c1-17(2,3)30-16(28)26-14(15(27)29-4)7-5-6-11-8-12(18(20,21)22)10-13(9-11)19(23,24)25;/h8-10,14H,5-7H2,1-4H3,(H,26,28);/q-1;+1/t14-;/m0./s1. The van der Waals surface area contributed by atoms with Gasteiger partial charge in [-0.2, -0.15) is 13.2 Å². The molecule has 0 saturated carbocycles. The molecule has 31 heavy (non-hydrogen) atoms. The molecule has 0 aliphatic rings. The van der Waals surface area contributed by atoms with Gasteiger partial charge >= 0.3 is 76.6 Å². The Balaban J connectivity index is 0.00000900. The molecular weight excluding hydrogens is 458 g/mol. The first kappa shape index (κ1) is 30.2. The predicted molar refractivity (Wildman–Crippen MR) is 98.3 cm³/mol. The van der Waals surface area contributed by atoms with E-state index in [9.17, 15) is 35.7 Å². The third kappa shape index (κ3) is 11.1. The number of esters is 1. The van der Waals surface area contributed by atoms with E-state index >= 15 is 0 Å². The van der Waals surface area contributed by atoms with Gasteiger partial charge in [0.25, 0.3) is 0 Å².